The van der Waals surface area contributed by atoms with Crippen LogP contribution in [0.4, 0.5) is 0 Å². The molecule has 0 unspecified atom stereocenters. The Hall–Kier alpha value is -0.710. The predicted molar refractivity (Wildman–Crippen MR) is 93.2 cm³/mol. The van der Waals surface area contributed by atoms with Crippen molar-refractivity contribution in [3.63, 3.8) is 0 Å². The molecule has 0 saturated carbocycles. The van der Waals surface area contributed by atoms with Crippen molar-refractivity contribution in [3.05, 3.63) is 35.9 Å². The van der Waals surface area contributed by atoms with Gasteiger partial charge in [-0.1, -0.05) is 30.3 Å². The fourth-order valence-corrected chi connectivity index (χ4v) is 3.25. The maximum Gasteiger partial charge on any atom is 0.239 e. The molecule has 1 heterocycles. The van der Waals surface area contributed by atoms with E-state index in [1.54, 1.807) is 11.8 Å². The van der Waals surface area contributed by atoms with E-state index in [1.807, 2.05) is 17.2 Å². The second kappa shape index (κ2) is 9.34. The highest BCUT2D eigenvalue weighted by atomic mass is 35.5. The smallest absolute Gasteiger partial charge is 0.239 e. The maximum absolute atomic E-state index is 12.2. The van der Waals surface area contributed by atoms with Gasteiger partial charge in [-0.3, -0.25) is 4.79 Å². The van der Waals surface area contributed by atoms with Crippen LogP contribution >= 0.6 is 24.2 Å². The van der Waals surface area contributed by atoms with Crippen LogP contribution in [0.15, 0.2) is 30.3 Å². The number of likely N-dealkylation sites (tertiary alicyclic amines) is 1. The van der Waals surface area contributed by atoms with Crippen LogP contribution in [0.3, 0.4) is 0 Å². The van der Waals surface area contributed by atoms with Gasteiger partial charge in [0.25, 0.3) is 0 Å². The molecule has 1 aliphatic heterocycles. The number of hydrogen-bond acceptors (Lipinski definition) is 3. The van der Waals surface area contributed by atoms with Gasteiger partial charge in [0.15, 0.2) is 0 Å². The first-order chi connectivity index (χ1) is 9.72. The molecule has 2 N–H and O–H groups in total. The molecule has 1 aliphatic rings. The topological polar surface area (TPSA) is 46.3 Å². The van der Waals surface area contributed by atoms with E-state index in [0.717, 1.165) is 38.1 Å². The van der Waals surface area contributed by atoms with E-state index in [9.17, 15) is 4.79 Å². The molecule has 0 radical (unpaired) electrons. The normalized spacial score (nSPS) is 17.1. The SMILES string of the molecule is CSCC[C@H](N)C(=O)N1CCC(c2ccccc2)CC1.Cl. The third-order valence-electron chi connectivity index (χ3n) is 4.03. The summed E-state index contributed by atoms with van der Waals surface area (Å²) in [6.45, 7) is 1.68. The average Bonchev–Trinajstić information content (AvgIpc) is 2.53. The minimum Gasteiger partial charge on any atom is -0.341 e. The highest BCUT2D eigenvalue weighted by molar-refractivity contribution is 7.98. The van der Waals surface area contributed by atoms with E-state index in [2.05, 4.69) is 24.3 Å². The van der Waals surface area contributed by atoms with Crippen molar-refractivity contribution in [2.24, 2.45) is 5.73 Å². The first kappa shape index (κ1) is 18.3. The Labute approximate surface area is 138 Å². The van der Waals surface area contributed by atoms with Crippen molar-refractivity contribution in [2.45, 2.75) is 31.2 Å². The number of nitrogens with zero attached hydrogens (tertiary/aromatic N) is 1. The fourth-order valence-electron chi connectivity index (χ4n) is 2.76. The van der Waals surface area contributed by atoms with E-state index in [-0.39, 0.29) is 24.4 Å². The largest absolute Gasteiger partial charge is 0.341 e. The highest BCUT2D eigenvalue weighted by Gasteiger charge is 2.26. The summed E-state index contributed by atoms with van der Waals surface area (Å²) in [6.07, 6.45) is 4.91. The molecule has 1 fully saturated rings. The van der Waals surface area contributed by atoms with Crippen molar-refractivity contribution in [1.29, 1.82) is 0 Å². The molecule has 0 bridgehead atoms. The van der Waals surface area contributed by atoms with Crippen LogP contribution in [0.25, 0.3) is 0 Å². The third kappa shape index (κ3) is 5.20. The van der Waals surface area contributed by atoms with Crippen molar-refractivity contribution >= 4 is 30.1 Å². The van der Waals surface area contributed by atoms with Crippen molar-refractivity contribution in [2.75, 3.05) is 25.1 Å². The molecule has 1 amide bonds. The Balaban J connectivity index is 0.00000220. The quantitative estimate of drug-likeness (QED) is 0.904. The van der Waals surface area contributed by atoms with Crippen LogP contribution in [0.2, 0.25) is 0 Å². The molecule has 1 aromatic rings. The lowest BCUT2D eigenvalue weighted by Crippen LogP contribution is -2.47. The van der Waals surface area contributed by atoms with Gasteiger partial charge in [-0.05, 0) is 42.8 Å². The summed E-state index contributed by atoms with van der Waals surface area (Å²) in [7, 11) is 0. The minimum atomic E-state index is -0.323. The second-order valence-corrected chi connectivity index (χ2v) is 6.38. The lowest BCUT2D eigenvalue weighted by Gasteiger charge is -2.33. The number of nitrogens with two attached hydrogens (primary N) is 1. The van der Waals surface area contributed by atoms with Gasteiger partial charge in [0, 0.05) is 13.1 Å². The molecule has 2 rings (SSSR count). The molecular formula is C16H25ClN2OS. The maximum atomic E-state index is 12.2. The summed E-state index contributed by atoms with van der Waals surface area (Å²) in [6, 6.07) is 10.3. The molecule has 3 nitrogen and oxygen atoms in total. The Kier molecular flexibility index (Phi) is 8.15. The molecule has 0 aliphatic carbocycles. The first-order valence-electron chi connectivity index (χ1n) is 7.30. The number of thioether (sulfide) groups is 1. The van der Waals surface area contributed by atoms with Gasteiger partial charge >= 0.3 is 0 Å². The molecule has 118 valence electrons. The monoisotopic (exact) mass is 328 g/mol. The summed E-state index contributed by atoms with van der Waals surface area (Å²) in [5.74, 6) is 1.67. The van der Waals surface area contributed by atoms with Crippen LogP contribution in [-0.4, -0.2) is 41.9 Å². The molecule has 1 aromatic carbocycles. The summed E-state index contributed by atoms with van der Waals surface area (Å²) < 4.78 is 0. The van der Waals surface area contributed by atoms with Crippen LogP contribution in [-0.2, 0) is 4.79 Å². The highest BCUT2D eigenvalue weighted by Crippen LogP contribution is 2.27. The molecule has 1 atom stereocenters. The van der Waals surface area contributed by atoms with Crippen molar-refractivity contribution in [3.8, 4) is 0 Å². The van der Waals surface area contributed by atoms with Gasteiger partial charge in [-0.25, -0.2) is 0 Å². The minimum absolute atomic E-state index is 0. The number of carbonyl (C=O) groups excluding carboxylic acids is 1. The van der Waals surface area contributed by atoms with Crippen LogP contribution in [0.1, 0.15) is 30.7 Å². The fraction of sp³-hybridized carbons (Fsp3) is 0.562. The summed E-state index contributed by atoms with van der Waals surface area (Å²) in [5.41, 5.74) is 7.37. The number of amides is 1. The van der Waals surface area contributed by atoms with Crippen LogP contribution in [0, 0.1) is 0 Å². The Bertz CT molecular complexity index is 422. The third-order valence-corrected chi connectivity index (χ3v) is 4.67. The molecular weight excluding hydrogens is 304 g/mol. The van der Waals surface area contributed by atoms with Gasteiger partial charge in [-0.2, -0.15) is 11.8 Å². The first-order valence-corrected chi connectivity index (χ1v) is 8.70. The van der Waals surface area contributed by atoms with E-state index in [1.165, 1.54) is 5.56 Å². The van der Waals surface area contributed by atoms with E-state index >= 15 is 0 Å². The summed E-state index contributed by atoms with van der Waals surface area (Å²) in [4.78, 5) is 14.2. The van der Waals surface area contributed by atoms with Gasteiger partial charge in [0.1, 0.15) is 0 Å². The zero-order chi connectivity index (χ0) is 14.4. The van der Waals surface area contributed by atoms with Crippen molar-refractivity contribution < 1.29 is 4.79 Å². The molecule has 5 heteroatoms. The van der Waals surface area contributed by atoms with Gasteiger partial charge in [0.05, 0.1) is 6.04 Å². The number of benzene rings is 1. The number of carbonyl (C=O) groups is 1. The zero-order valence-electron chi connectivity index (χ0n) is 12.5. The zero-order valence-corrected chi connectivity index (χ0v) is 14.2. The molecule has 0 spiro atoms. The van der Waals surface area contributed by atoms with Gasteiger partial charge < -0.3 is 10.6 Å². The van der Waals surface area contributed by atoms with E-state index in [0.29, 0.717) is 5.92 Å². The summed E-state index contributed by atoms with van der Waals surface area (Å²) in [5, 5.41) is 0. The van der Waals surface area contributed by atoms with Crippen LogP contribution in [0.5, 0.6) is 0 Å². The molecule has 0 aromatic heterocycles. The van der Waals surface area contributed by atoms with E-state index < -0.39 is 0 Å². The number of hydrogen-bond donors (Lipinski definition) is 1. The Morgan fingerprint density at radius 3 is 2.52 bits per heavy atom. The Morgan fingerprint density at radius 1 is 1.33 bits per heavy atom. The molecule has 21 heavy (non-hydrogen) atoms. The standard InChI is InChI=1S/C16H24N2OS.ClH/c1-20-12-9-15(17)16(19)18-10-7-14(8-11-18)13-5-3-2-4-6-13;/h2-6,14-15H,7-12,17H2,1H3;1H/t15-;/m0./s1. The Morgan fingerprint density at radius 2 is 1.95 bits per heavy atom. The number of piperidine rings is 1. The predicted octanol–water partition coefficient (Wildman–Crippen LogP) is 2.89. The number of rotatable bonds is 5. The lowest BCUT2D eigenvalue weighted by molar-refractivity contribution is -0.133. The van der Waals surface area contributed by atoms with Crippen molar-refractivity contribution in [1.82, 2.24) is 4.90 Å². The average molecular weight is 329 g/mol. The van der Waals surface area contributed by atoms with Gasteiger partial charge in [-0.15, -0.1) is 12.4 Å². The van der Waals surface area contributed by atoms with Gasteiger partial charge in [0.2, 0.25) is 5.91 Å². The van der Waals surface area contributed by atoms with E-state index in [4.69, 9.17) is 5.73 Å². The molecule has 1 saturated heterocycles. The summed E-state index contributed by atoms with van der Waals surface area (Å²) >= 11 is 1.74. The number of halogens is 1. The lowest BCUT2D eigenvalue weighted by atomic mass is 9.89. The second-order valence-electron chi connectivity index (χ2n) is 5.40. The van der Waals surface area contributed by atoms with Crippen LogP contribution < -0.4 is 5.73 Å².